The number of rotatable bonds is 4. The van der Waals surface area contributed by atoms with E-state index in [4.69, 9.17) is 5.73 Å². The molecule has 3 N–H and O–H groups in total. The van der Waals surface area contributed by atoms with Crippen LogP contribution < -0.4 is 5.73 Å². The lowest BCUT2D eigenvalue weighted by molar-refractivity contribution is -0.0747. The Morgan fingerprint density at radius 2 is 1.56 bits per heavy atom. The van der Waals surface area contributed by atoms with E-state index in [-0.39, 0.29) is 0 Å². The molecular weight excluding hydrogens is 222 g/mol. The van der Waals surface area contributed by atoms with Crippen molar-refractivity contribution in [1.29, 1.82) is 0 Å². The fraction of sp³-hybridized carbons (Fsp3) is 1.00. The summed E-state index contributed by atoms with van der Waals surface area (Å²) in [6.07, 6.45) is 8.23. The van der Waals surface area contributed by atoms with Crippen LogP contribution in [0.4, 0.5) is 0 Å². The molecule has 4 bridgehead atoms. The predicted molar refractivity (Wildman–Crippen MR) is 74.0 cm³/mol. The first-order chi connectivity index (χ1) is 8.46. The van der Waals surface area contributed by atoms with E-state index in [1.807, 2.05) is 13.8 Å². The summed E-state index contributed by atoms with van der Waals surface area (Å²) in [7, 11) is 0. The predicted octanol–water partition coefficient (Wildman–Crippen LogP) is 2.79. The molecule has 2 nitrogen and oxygen atoms in total. The van der Waals surface area contributed by atoms with Crippen LogP contribution in [0.1, 0.15) is 52.4 Å². The lowest BCUT2D eigenvalue weighted by Crippen LogP contribution is -2.50. The first-order valence-corrected chi connectivity index (χ1v) is 7.88. The van der Waals surface area contributed by atoms with E-state index < -0.39 is 5.60 Å². The first-order valence-electron chi connectivity index (χ1n) is 7.88. The van der Waals surface area contributed by atoms with Gasteiger partial charge >= 0.3 is 0 Å². The summed E-state index contributed by atoms with van der Waals surface area (Å²) in [5.41, 5.74) is 5.49. The van der Waals surface area contributed by atoms with Crippen LogP contribution in [0.5, 0.6) is 0 Å². The molecule has 4 fully saturated rings. The summed E-state index contributed by atoms with van der Waals surface area (Å²) in [5.74, 6) is 5.28. The summed E-state index contributed by atoms with van der Waals surface area (Å²) >= 11 is 0. The van der Waals surface area contributed by atoms with Crippen LogP contribution in [0.2, 0.25) is 0 Å². The van der Waals surface area contributed by atoms with Gasteiger partial charge in [-0.05, 0) is 94.4 Å². The van der Waals surface area contributed by atoms with Gasteiger partial charge in [-0.2, -0.15) is 0 Å². The Balaban J connectivity index is 1.74. The van der Waals surface area contributed by atoms with Gasteiger partial charge in [-0.3, -0.25) is 0 Å². The summed E-state index contributed by atoms with van der Waals surface area (Å²) in [6, 6.07) is 0. The van der Waals surface area contributed by atoms with Gasteiger partial charge in [0, 0.05) is 0 Å². The van der Waals surface area contributed by atoms with Crippen molar-refractivity contribution in [2.24, 2.45) is 41.2 Å². The molecule has 104 valence electrons. The lowest BCUT2D eigenvalue weighted by Gasteiger charge is -2.57. The summed E-state index contributed by atoms with van der Waals surface area (Å²) < 4.78 is 0. The van der Waals surface area contributed by atoms with Crippen LogP contribution in [0.25, 0.3) is 0 Å². The van der Waals surface area contributed by atoms with Crippen LogP contribution >= 0.6 is 0 Å². The third-order valence-electron chi connectivity index (χ3n) is 5.91. The van der Waals surface area contributed by atoms with Crippen molar-refractivity contribution in [3.05, 3.63) is 0 Å². The van der Waals surface area contributed by atoms with E-state index in [1.54, 1.807) is 0 Å². The molecule has 4 aliphatic rings. The maximum Gasteiger partial charge on any atom is 0.0595 e. The Hall–Kier alpha value is -0.0800. The molecule has 0 radical (unpaired) electrons. The smallest absolute Gasteiger partial charge is 0.0595 e. The van der Waals surface area contributed by atoms with Crippen molar-refractivity contribution in [1.82, 2.24) is 0 Å². The van der Waals surface area contributed by atoms with E-state index in [0.29, 0.717) is 5.92 Å². The summed E-state index contributed by atoms with van der Waals surface area (Å²) in [6.45, 7) is 4.63. The molecule has 1 atom stereocenters. The summed E-state index contributed by atoms with van der Waals surface area (Å²) in [4.78, 5) is 0. The highest BCUT2D eigenvalue weighted by molar-refractivity contribution is 5.00. The molecule has 0 heterocycles. The van der Waals surface area contributed by atoms with E-state index in [0.717, 1.165) is 42.6 Å². The fourth-order valence-electron chi connectivity index (χ4n) is 5.76. The second kappa shape index (κ2) is 4.49. The minimum absolute atomic E-state index is 0.542. The van der Waals surface area contributed by atoms with Crippen molar-refractivity contribution in [2.45, 2.75) is 58.0 Å². The maximum atomic E-state index is 10.1. The molecule has 4 rings (SSSR count). The molecule has 4 saturated carbocycles. The van der Waals surface area contributed by atoms with Gasteiger partial charge in [0.2, 0.25) is 0 Å². The van der Waals surface area contributed by atoms with Crippen LogP contribution in [0.15, 0.2) is 0 Å². The lowest BCUT2D eigenvalue weighted by atomic mass is 9.49. The minimum Gasteiger partial charge on any atom is -0.390 e. The van der Waals surface area contributed by atoms with E-state index in [2.05, 4.69) is 0 Å². The molecule has 0 saturated heterocycles. The molecule has 0 aromatic heterocycles. The Labute approximate surface area is 111 Å². The van der Waals surface area contributed by atoms with Crippen molar-refractivity contribution >= 4 is 0 Å². The average molecular weight is 251 g/mol. The molecule has 18 heavy (non-hydrogen) atoms. The van der Waals surface area contributed by atoms with Crippen molar-refractivity contribution in [2.75, 3.05) is 6.54 Å². The zero-order valence-electron chi connectivity index (χ0n) is 11.9. The van der Waals surface area contributed by atoms with Crippen molar-refractivity contribution < 1.29 is 5.11 Å². The van der Waals surface area contributed by atoms with Gasteiger partial charge in [0.05, 0.1) is 5.60 Å². The molecule has 0 amide bonds. The second-order valence-corrected chi connectivity index (χ2v) is 8.02. The second-order valence-electron chi connectivity index (χ2n) is 8.02. The highest BCUT2D eigenvalue weighted by atomic mass is 16.3. The SMILES string of the molecule is CC(C)(O)CC(CN)C1C2CC3CC(C2)CC1C3. The molecule has 0 aliphatic heterocycles. The zero-order chi connectivity index (χ0) is 12.9. The van der Waals surface area contributed by atoms with Crippen molar-refractivity contribution in [3.8, 4) is 0 Å². The summed E-state index contributed by atoms with van der Waals surface area (Å²) in [5, 5.41) is 10.1. The largest absolute Gasteiger partial charge is 0.390 e. The molecule has 0 aromatic rings. The van der Waals surface area contributed by atoms with Gasteiger partial charge in [0.1, 0.15) is 0 Å². The molecule has 0 aromatic carbocycles. The monoisotopic (exact) mass is 251 g/mol. The van der Waals surface area contributed by atoms with Gasteiger partial charge in [-0.1, -0.05) is 0 Å². The highest BCUT2D eigenvalue weighted by Crippen LogP contribution is 2.58. The average Bonchev–Trinajstić information content (AvgIpc) is 2.24. The Kier molecular flexibility index (Phi) is 3.22. The van der Waals surface area contributed by atoms with Crippen LogP contribution in [0, 0.1) is 35.5 Å². The van der Waals surface area contributed by atoms with Crippen LogP contribution in [0.3, 0.4) is 0 Å². The van der Waals surface area contributed by atoms with Gasteiger partial charge in [0.15, 0.2) is 0 Å². The third-order valence-corrected chi connectivity index (χ3v) is 5.91. The standard InChI is InChI=1S/C16H29NO/c1-16(2,18)8-14(9-17)15-12-4-10-3-11(6-12)7-13(15)5-10/h10-15,18H,3-9,17H2,1-2H3. The molecule has 2 heteroatoms. The Bertz CT molecular complexity index is 279. The Morgan fingerprint density at radius 3 is 1.94 bits per heavy atom. The normalized spacial score (nSPS) is 44.3. The quantitative estimate of drug-likeness (QED) is 0.807. The first kappa shape index (κ1) is 12.9. The zero-order valence-corrected chi connectivity index (χ0v) is 11.9. The fourth-order valence-corrected chi connectivity index (χ4v) is 5.76. The van der Waals surface area contributed by atoms with Crippen LogP contribution in [-0.2, 0) is 0 Å². The van der Waals surface area contributed by atoms with Crippen molar-refractivity contribution in [3.63, 3.8) is 0 Å². The van der Waals surface area contributed by atoms with E-state index >= 15 is 0 Å². The van der Waals surface area contributed by atoms with E-state index in [1.165, 1.54) is 32.1 Å². The van der Waals surface area contributed by atoms with Gasteiger partial charge < -0.3 is 10.8 Å². The van der Waals surface area contributed by atoms with Gasteiger partial charge in [-0.25, -0.2) is 0 Å². The minimum atomic E-state index is -0.557. The maximum absolute atomic E-state index is 10.1. The number of aliphatic hydroxyl groups is 1. The topological polar surface area (TPSA) is 46.2 Å². The molecular formula is C16H29NO. The van der Waals surface area contributed by atoms with Gasteiger partial charge in [-0.15, -0.1) is 0 Å². The number of hydrogen-bond acceptors (Lipinski definition) is 2. The molecule has 1 unspecified atom stereocenters. The molecule has 4 aliphatic carbocycles. The third kappa shape index (κ3) is 2.34. The highest BCUT2D eigenvalue weighted by Gasteiger charge is 2.50. The van der Waals surface area contributed by atoms with Crippen LogP contribution in [-0.4, -0.2) is 17.3 Å². The number of hydrogen-bond donors (Lipinski definition) is 2. The van der Waals surface area contributed by atoms with E-state index in [9.17, 15) is 5.11 Å². The Morgan fingerprint density at radius 1 is 1.06 bits per heavy atom. The molecule has 0 spiro atoms. The number of nitrogens with two attached hydrogens (primary N) is 1. The van der Waals surface area contributed by atoms with Gasteiger partial charge in [0.25, 0.3) is 0 Å².